The summed E-state index contributed by atoms with van der Waals surface area (Å²) in [7, 11) is 0. The molecular weight excluding hydrogens is 331 g/mol. The smallest absolute Gasteiger partial charge is 0.176 e. The lowest BCUT2D eigenvalue weighted by Gasteiger charge is -2.37. The molecule has 3 rings (SSSR count). The zero-order valence-electron chi connectivity index (χ0n) is 13.4. The van der Waals surface area contributed by atoms with Crippen molar-refractivity contribution in [3.05, 3.63) is 33.8 Å². The Morgan fingerprint density at radius 3 is 2.52 bits per heavy atom. The first-order valence-electron chi connectivity index (χ1n) is 8.58. The molecule has 0 bridgehead atoms. The van der Waals surface area contributed by atoms with Gasteiger partial charge in [-0.2, -0.15) is 0 Å². The van der Waals surface area contributed by atoms with Crippen LogP contribution in [0.1, 0.15) is 42.5 Å². The Balaban J connectivity index is 1.63. The highest BCUT2D eigenvalue weighted by molar-refractivity contribution is 6.42. The lowest BCUT2D eigenvalue weighted by Crippen LogP contribution is -2.48. The molecule has 0 spiro atoms. The number of Topliss-reactive ketones (excluding diaryl/α,β-unsaturated/α-hetero) is 1. The van der Waals surface area contributed by atoms with Crippen LogP contribution in [0.4, 0.5) is 0 Å². The monoisotopic (exact) mass is 354 g/mol. The van der Waals surface area contributed by atoms with Gasteiger partial charge in [-0.1, -0.05) is 29.6 Å². The summed E-state index contributed by atoms with van der Waals surface area (Å²) in [5, 5.41) is 0.942. The number of hydrogen-bond donors (Lipinski definition) is 0. The van der Waals surface area contributed by atoms with Gasteiger partial charge in [0.05, 0.1) is 16.6 Å². The van der Waals surface area contributed by atoms with Gasteiger partial charge in [-0.15, -0.1) is 0 Å². The number of likely N-dealkylation sites (tertiary alicyclic amines) is 2. The van der Waals surface area contributed by atoms with E-state index in [0.29, 0.717) is 28.2 Å². The number of rotatable bonds is 5. The molecule has 0 aromatic heterocycles. The van der Waals surface area contributed by atoms with E-state index in [0.717, 1.165) is 13.1 Å². The van der Waals surface area contributed by atoms with Gasteiger partial charge >= 0.3 is 0 Å². The van der Waals surface area contributed by atoms with Crippen LogP contribution in [0.5, 0.6) is 0 Å². The lowest BCUT2D eigenvalue weighted by molar-refractivity contribution is 0.0785. The Bertz CT molecular complexity index is 558. The fourth-order valence-corrected chi connectivity index (χ4v) is 3.98. The maximum absolute atomic E-state index is 12.6. The van der Waals surface area contributed by atoms with Gasteiger partial charge in [-0.05, 0) is 63.5 Å². The number of piperidine rings is 1. The van der Waals surface area contributed by atoms with Gasteiger partial charge in [0.25, 0.3) is 0 Å². The molecule has 3 nitrogen and oxygen atoms in total. The average Bonchev–Trinajstić information content (AvgIpc) is 3.05. The van der Waals surface area contributed by atoms with Crippen molar-refractivity contribution >= 4 is 29.0 Å². The summed E-state index contributed by atoms with van der Waals surface area (Å²) in [5.74, 6) is 0.136. The predicted octanol–water partition coefficient (Wildman–Crippen LogP) is 4.13. The van der Waals surface area contributed by atoms with E-state index >= 15 is 0 Å². The Hall–Kier alpha value is -0.610. The van der Waals surface area contributed by atoms with Gasteiger partial charge in [0.15, 0.2) is 5.78 Å². The minimum atomic E-state index is 0.136. The Kier molecular flexibility index (Phi) is 5.97. The molecule has 1 unspecified atom stereocenters. The van der Waals surface area contributed by atoms with Crippen LogP contribution in [0.2, 0.25) is 10.0 Å². The molecule has 2 aliphatic rings. The van der Waals surface area contributed by atoms with Crippen molar-refractivity contribution in [2.75, 3.05) is 32.7 Å². The summed E-state index contributed by atoms with van der Waals surface area (Å²) in [5.41, 5.74) is 0.657. The molecule has 0 N–H and O–H groups in total. The molecule has 0 aliphatic carbocycles. The largest absolute Gasteiger partial charge is 0.302 e. The Labute approximate surface area is 148 Å². The van der Waals surface area contributed by atoms with Crippen LogP contribution in [-0.4, -0.2) is 54.3 Å². The fourth-order valence-electron chi connectivity index (χ4n) is 3.68. The maximum atomic E-state index is 12.6. The van der Waals surface area contributed by atoms with Crippen LogP contribution in [0.3, 0.4) is 0 Å². The quantitative estimate of drug-likeness (QED) is 0.742. The number of hydrogen-bond acceptors (Lipinski definition) is 3. The standard InChI is InChI=1S/C18H24Cl2N2O/c19-16-7-6-14(11-17(16)20)18(23)13-22-10-2-1-5-15(22)12-21-8-3-4-9-21/h6-7,11,15H,1-5,8-10,12-13H2. The second-order valence-electron chi connectivity index (χ2n) is 6.68. The van der Waals surface area contributed by atoms with Crippen LogP contribution in [-0.2, 0) is 0 Å². The van der Waals surface area contributed by atoms with E-state index in [1.807, 2.05) is 0 Å². The fraction of sp³-hybridized carbons (Fsp3) is 0.611. The third-order valence-electron chi connectivity index (χ3n) is 5.00. The summed E-state index contributed by atoms with van der Waals surface area (Å²) in [4.78, 5) is 17.5. The average molecular weight is 355 g/mol. The van der Waals surface area contributed by atoms with E-state index in [1.165, 1.54) is 45.2 Å². The van der Waals surface area contributed by atoms with E-state index < -0.39 is 0 Å². The number of carbonyl (C=O) groups excluding carboxylic acids is 1. The highest BCUT2D eigenvalue weighted by atomic mass is 35.5. The maximum Gasteiger partial charge on any atom is 0.176 e. The van der Waals surface area contributed by atoms with Gasteiger partial charge < -0.3 is 4.90 Å². The molecule has 1 aromatic rings. The first-order valence-corrected chi connectivity index (χ1v) is 9.34. The van der Waals surface area contributed by atoms with E-state index in [9.17, 15) is 4.79 Å². The van der Waals surface area contributed by atoms with Crippen molar-refractivity contribution in [2.24, 2.45) is 0 Å². The molecule has 2 aliphatic heterocycles. The van der Waals surface area contributed by atoms with Gasteiger partial charge in [-0.25, -0.2) is 0 Å². The molecule has 1 aromatic carbocycles. The second-order valence-corrected chi connectivity index (χ2v) is 7.49. The molecule has 2 fully saturated rings. The summed E-state index contributed by atoms with van der Waals surface area (Å²) in [6, 6.07) is 5.67. The molecule has 23 heavy (non-hydrogen) atoms. The molecule has 0 radical (unpaired) electrons. The van der Waals surface area contributed by atoms with Crippen molar-refractivity contribution in [1.82, 2.24) is 9.80 Å². The van der Waals surface area contributed by atoms with Crippen molar-refractivity contribution < 1.29 is 4.79 Å². The molecular formula is C18H24Cl2N2O. The van der Waals surface area contributed by atoms with Crippen LogP contribution >= 0.6 is 23.2 Å². The minimum absolute atomic E-state index is 0.136. The molecule has 1 atom stereocenters. The number of ketones is 1. The van der Waals surface area contributed by atoms with Gasteiger partial charge in [-0.3, -0.25) is 9.69 Å². The summed E-state index contributed by atoms with van der Waals surface area (Å²) in [6.07, 6.45) is 6.29. The Morgan fingerprint density at radius 1 is 1.04 bits per heavy atom. The zero-order chi connectivity index (χ0) is 16.2. The van der Waals surface area contributed by atoms with Crippen LogP contribution in [0.25, 0.3) is 0 Å². The lowest BCUT2D eigenvalue weighted by atomic mass is 10.00. The highest BCUT2D eigenvalue weighted by Crippen LogP contribution is 2.24. The molecule has 2 heterocycles. The minimum Gasteiger partial charge on any atom is -0.302 e. The van der Waals surface area contributed by atoms with Crippen molar-refractivity contribution in [2.45, 2.75) is 38.1 Å². The molecule has 0 saturated carbocycles. The van der Waals surface area contributed by atoms with E-state index in [2.05, 4.69) is 9.80 Å². The van der Waals surface area contributed by atoms with Crippen LogP contribution in [0.15, 0.2) is 18.2 Å². The first-order chi connectivity index (χ1) is 11.1. The first kappa shape index (κ1) is 17.2. The third-order valence-corrected chi connectivity index (χ3v) is 5.74. The van der Waals surface area contributed by atoms with Crippen LogP contribution < -0.4 is 0 Å². The summed E-state index contributed by atoms with van der Waals surface area (Å²) >= 11 is 12.0. The molecule has 5 heteroatoms. The van der Waals surface area contributed by atoms with E-state index in [-0.39, 0.29) is 5.78 Å². The van der Waals surface area contributed by atoms with Gasteiger partial charge in [0.1, 0.15) is 0 Å². The third kappa shape index (κ3) is 4.48. The highest BCUT2D eigenvalue weighted by Gasteiger charge is 2.27. The van der Waals surface area contributed by atoms with E-state index in [4.69, 9.17) is 23.2 Å². The molecule has 0 amide bonds. The van der Waals surface area contributed by atoms with Gasteiger partial charge in [0.2, 0.25) is 0 Å². The summed E-state index contributed by atoms with van der Waals surface area (Å²) in [6.45, 7) is 5.03. The number of halogens is 2. The second kappa shape index (κ2) is 7.98. The van der Waals surface area contributed by atoms with E-state index in [1.54, 1.807) is 18.2 Å². The zero-order valence-corrected chi connectivity index (χ0v) is 15.0. The molecule has 2 saturated heterocycles. The topological polar surface area (TPSA) is 23.6 Å². The number of carbonyl (C=O) groups is 1. The van der Waals surface area contributed by atoms with Crippen molar-refractivity contribution in [1.29, 1.82) is 0 Å². The van der Waals surface area contributed by atoms with Crippen molar-refractivity contribution in [3.63, 3.8) is 0 Å². The SMILES string of the molecule is O=C(CN1CCCCC1CN1CCCC1)c1ccc(Cl)c(Cl)c1. The van der Waals surface area contributed by atoms with Crippen molar-refractivity contribution in [3.8, 4) is 0 Å². The Morgan fingerprint density at radius 2 is 1.78 bits per heavy atom. The van der Waals surface area contributed by atoms with Crippen LogP contribution in [0, 0.1) is 0 Å². The number of nitrogens with zero attached hydrogens (tertiary/aromatic N) is 2. The van der Waals surface area contributed by atoms with Gasteiger partial charge in [0, 0.05) is 18.2 Å². The normalized spacial score (nSPS) is 23.3. The summed E-state index contributed by atoms with van der Waals surface area (Å²) < 4.78 is 0. The predicted molar refractivity (Wildman–Crippen MR) is 95.7 cm³/mol. The number of benzene rings is 1. The molecule has 126 valence electrons.